The van der Waals surface area contributed by atoms with E-state index in [1.807, 2.05) is 54.3 Å². The highest BCUT2D eigenvalue weighted by Gasteiger charge is 2.27. The lowest BCUT2D eigenvalue weighted by Crippen LogP contribution is -2.40. The molecule has 0 spiro atoms. The smallest absolute Gasteiger partial charge is 0.240 e. The van der Waals surface area contributed by atoms with Gasteiger partial charge in [0, 0.05) is 27.1 Å². The first-order valence-corrected chi connectivity index (χ1v) is 9.87. The molecular weight excluding hydrogens is 362 g/mol. The Labute approximate surface area is 155 Å². The molecule has 1 aliphatic heterocycles. The van der Waals surface area contributed by atoms with Crippen molar-refractivity contribution in [3.05, 3.63) is 47.5 Å². The maximum atomic E-state index is 12.9. The van der Waals surface area contributed by atoms with E-state index in [0.29, 0.717) is 11.6 Å². The zero-order chi connectivity index (χ0) is 17.1. The maximum Gasteiger partial charge on any atom is 0.240 e. The second kappa shape index (κ2) is 7.72. The average molecular weight is 380 g/mol. The summed E-state index contributed by atoms with van der Waals surface area (Å²) in [4.78, 5) is 16.9. The van der Waals surface area contributed by atoms with Gasteiger partial charge in [-0.2, -0.15) is 0 Å². The van der Waals surface area contributed by atoms with Crippen molar-refractivity contribution in [2.45, 2.75) is 22.0 Å². The third-order valence-corrected chi connectivity index (χ3v) is 6.15. The number of methoxy groups -OCH3 is 1. The van der Waals surface area contributed by atoms with E-state index in [9.17, 15) is 4.79 Å². The molecule has 0 aromatic heterocycles. The minimum Gasteiger partial charge on any atom is -0.497 e. The fourth-order valence-corrected chi connectivity index (χ4v) is 4.62. The molecule has 0 radical (unpaired) electrons. The zero-order valence-electron chi connectivity index (χ0n) is 13.5. The Morgan fingerprint density at radius 3 is 2.75 bits per heavy atom. The Morgan fingerprint density at radius 1 is 1.29 bits per heavy atom. The predicted molar refractivity (Wildman–Crippen MR) is 103 cm³/mol. The van der Waals surface area contributed by atoms with E-state index < -0.39 is 0 Å². The number of carbonyl (C=O) groups is 1. The van der Waals surface area contributed by atoms with Gasteiger partial charge in [-0.15, -0.1) is 23.5 Å². The molecule has 2 aromatic carbocycles. The molecule has 0 N–H and O–H groups in total. The van der Waals surface area contributed by atoms with Crippen molar-refractivity contribution in [2.75, 3.05) is 24.3 Å². The van der Waals surface area contributed by atoms with Gasteiger partial charge in [0.2, 0.25) is 5.91 Å². The molecule has 6 heteroatoms. The Kier molecular flexibility index (Phi) is 5.64. The van der Waals surface area contributed by atoms with Crippen LogP contribution in [-0.4, -0.2) is 30.6 Å². The Balaban J connectivity index is 1.75. The van der Waals surface area contributed by atoms with Crippen molar-refractivity contribution >= 4 is 46.7 Å². The van der Waals surface area contributed by atoms with Crippen LogP contribution in [0.15, 0.2) is 52.3 Å². The van der Waals surface area contributed by atoms with Gasteiger partial charge in [-0.05, 0) is 49.4 Å². The topological polar surface area (TPSA) is 29.5 Å². The monoisotopic (exact) mass is 379 g/mol. The van der Waals surface area contributed by atoms with E-state index >= 15 is 0 Å². The summed E-state index contributed by atoms with van der Waals surface area (Å²) >= 11 is 9.44. The number of hydrogen-bond acceptors (Lipinski definition) is 4. The van der Waals surface area contributed by atoms with Crippen molar-refractivity contribution in [2.24, 2.45) is 0 Å². The van der Waals surface area contributed by atoms with E-state index in [2.05, 4.69) is 0 Å². The Bertz CT molecular complexity index is 736. The summed E-state index contributed by atoms with van der Waals surface area (Å²) in [7, 11) is 1.64. The Hall–Kier alpha value is -1.30. The molecule has 1 aliphatic rings. The van der Waals surface area contributed by atoms with Crippen molar-refractivity contribution in [1.82, 2.24) is 0 Å². The number of fused-ring (bicyclic) bond motifs is 1. The van der Waals surface area contributed by atoms with Crippen LogP contribution in [0.2, 0.25) is 5.02 Å². The molecule has 0 fully saturated rings. The summed E-state index contributed by atoms with van der Waals surface area (Å²) in [6.45, 7) is 2.66. The number of hydrogen-bond donors (Lipinski definition) is 0. The van der Waals surface area contributed by atoms with Crippen LogP contribution in [-0.2, 0) is 4.79 Å². The third-order valence-electron chi connectivity index (χ3n) is 3.77. The first kappa shape index (κ1) is 17.5. The molecule has 0 saturated carbocycles. The molecule has 3 nitrogen and oxygen atoms in total. The molecule has 1 unspecified atom stereocenters. The fourth-order valence-electron chi connectivity index (χ4n) is 2.55. The fraction of sp³-hybridized carbons (Fsp3) is 0.278. The van der Waals surface area contributed by atoms with E-state index in [1.54, 1.807) is 30.6 Å². The molecule has 3 rings (SSSR count). The normalized spacial score (nSPS) is 14.9. The van der Waals surface area contributed by atoms with Crippen LogP contribution in [0.1, 0.15) is 6.92 Å². The molecule has 24 heavy (non-hydrogen) atoms. The van der Waals surface area contributed by atoms with Gasteiger partial charge < -0.3 is 9.64 Å². The van der Waals surface area contributed by atoms with Crippen molar-refractivity contribution in [1.29, 1.82) is 0 Å². The predicted octanol–water partition coefficient (Wildman–Crippen LogP) is 4.97. The van der Waals surface area contributed by atoms with E-state index in [0.717, 1.165) is 27.0 Å². The molecule has 0 aliphatic carbocycles. The van der Waals surface area contributed by atoms with Crippen LogP contribution in [0, 0.1) is 0 Å². The second-order valence-corrected chi connectivity index (χ2v) is 8.37. The average Bonchev–Trinajstić information content (AvgIpc) is 2.61. The highest BCUT2D eigenvalue weighted by atomic mass is 35.5. The van der Waals surface area contributed by atoms with E-state index in [1.165, 1.54) is 0 Å². The first-order valence-electron chi connectivity index (χ1n) is 7.63. The largest absolute Gasteiger partial charge is 0.497 e. The zero-order valence-corrected chi connectivity index (χ0v) is 15.9. The second-order valence-electron chi connectivity index (χ2n) is 5.39. The summed E-state index contributed by atoms with van der Waals surface area (Å²) < 4.78 is 5.17. The van der Waals surface area contributed by atoms with Crippen molar-refractivity contribution in [3.63, 3.8) is 0 Å². The standard InChI is InChI=1S/C18H18ClNO2S2/c1-12(24-15-6-4-14(22-2)5-7-15)18(21)20-9-10-23-17-8-3-13(19)11-16(17)20/h3-8,11-12H,9-10H2,1-2H3. The first-order chi connectivity index (χ1) is 11.6. The molecule has 126 valence electrons. The minimum atomic E-state index is -0.173. The number of carbonyl (C=O) groups excluding carboxylic acids is 1. The number of ether oxygens (including phenoxy) is 1. The van der Waals surface area contributed by atoms with Crippen LogP contribution < -0.4 is 9.64 Å². The number of benzene rings is 2. The van der Waals surface area contributed by atoms with Crippen LogP contribution in [0.5, 0.6) is 5.75 Å². The van der Waals surface area contributed by atoms with Gasteiger partial charge in [-0.25, -0.2) is 0 Å². The van der Waals surface area contributed by atoms with Gasteiger partial charge >= 0.3 is 0 Å². The number of thioether (sulfide) groups is 2. The lowest BCUT2D eigenvalue weighted by molar-refractivity contribution is -0.117. The summed E-state index contributed by atoms with van der Waals surface area (Å²) in [6.07, 6.45) is 0. The lowest BCUT2D eigenvalue weighted by atomic mass is 10.2. The van der Waals surface area contributed by atoms with E-state index in [4.69, 9.17) is 16.3 Å². The minimum absolute atomic E-state index is 0.111. The van der Waals surface area contributed by atoms with Gasteiger partial charge in [0.15, 0.2) is 0 Å². The van der Waals surface area contributed by atoms with Gasteiger partial charge in [-0.1, -0.05) is 11.6 Å². The summed E-state index contributed by atoms with van der Waals surface area (Å²) in [5, 5.41) is 0.484. The third kappa shape index (κ3) is 3.85. The van der Waals surface area contributed by atoms with E-state index in [-0.39, 0.29) is 11.2 Å². The number of anilines is 1. The molecule has 2 aromatic rings. The van der Waals surface area contributed by atoms with Gasteiger partial charge in [0.05, 0.1) is 18.0 Å². The van der Waals surface area contributed by atoms with Gasteiger partial charge in [0.1, 0.15) is 5.75 Å². The lowest BCUT2D eigenvalue weighted by Gasteiger charge is -2.31. The Morgan fingerprint density at radius 2 is 2.04 bits per heavy atom. The number of nitrogens with zero attached hydrogens (tertiary/aromatic N) is 1. The highest BCUT2D eigenvalue weighted by molar-refractivity contribution is 8.00. The molecule has 1 heterocycles. The molecule has 1 atom stereocenters. The van der Waals surface area contributed by atoms with Crippen molar-refractivity contribution < 1.29 is 9.53 Å². The summed E-state index contributed by atoms with van der Waals surface area (Å²) in [5.41, 5.74) is 0.922. The highest BCUT2D eigenvalue weighted by Crippen LogP contribution is 2.38. The van der Waals surface area contributed by atoms with Crippen LogP contribution in [0.25, 0.3) is 0 Å². The van der Waals surface area contributed by atoms with Gasteiger partial charge in [0.25, 0.3) is 0 Å². The molecule has 0 bridgehead atoms. The van der Waals surface area contributed by atoms with Crippen LogP contribution in [0.4, 0.5) is 5.69 Å². The number of amides is 1. The number of halogens is 1. The van der Waals surface area contributed by atoms with Crippen LogP contribution >= 0.6 is 35.1 Å². The maximum absolute atomic E-state index is 12.9. The summed E-state index contributed by atoms with van der Waals surface area (Å²) in [6, 6.07) is 13.5. The molecule has 0 saturated heterocycles. The SMILES string of the molecule is COc1ccc(SC(C)C(=O)N2CCSc3ccc(Cl)cc32)cc1. The van der Waals surface area contributed by atoms with Crippen LogP contribution in [0.3, 0.4) is 0 Å². The van der Waals surface area contributed by atoms with Crippen molar-refractivity contribution in [3.8, 4) is 5.75 Å². The molecule has 1 amide bonds. The quantitative estimate of drug-likeness (QED) is 0.701. The number of rotatable bonds is 4. The summed E-state index contributed by atoms with van der Waals surface area (Å²) in [5.74, 6) is 1.83. The molecular formula is C18H18ClNO2S2. The van der Waals surface area contributed by atoms with Gasteiger partial charge in [-0.3, -0.25) is 4.79 Å².